The lowest BCUT2D eigenvalue weighted by Crippen LogP contribution is -2.29. The van der Waals surface area contributed by atoms with Crippen LogP contribution in [0, 0.1) is 0 Å². The number of rotatable bonds is 7. The number of ether oxygens (including phenoxy) is 2. The van der Waals surface area contributed by atoms with Crippen LogP contribution < -0.4 is 5.73 Å². The molecule has 1 rings (SSSR count). The van der Waals surface area contributed by atoms with E-state index in [-0.39, 0.29) is 6.04 Å². The highest BCUT2D eigenvalue weighted by molar-refractivity contribution is 5.15. The summed E-state index contributed by atoms with van der Waals surface area (Å²) >= 11 is 0. The molecule has 0 saturated carbocycles. The van der Waals surface area contributed by atoms with Crippen molar-refractivity contribution in [1.82, 2.24) is 0 Å². The molecule has 1 aromatic rings. The summed E-state index contributed by atoms with van der Waals surface area (Å²) < 4.78 is 10.2. The fraction of sp³-hybridized carbons (Fsp3) is 0.500. The fourth-order valence-electron chi connectivity index (χ4n) is 1.35. The molecular formula is C12H19NO2. The van der Waals surface area contributed by atoms with Gasteiger partial charge in [0.1, 0.15) is 0 Å². The van der Waals surface area contributed by atoms with E-state index in [1.54, 1.807) is 7.11 Å². The van der Waals surface area contributed by atoms with Crippen LogP contribution in [0.25, 0.3) is 0 Å². The summed E-state index contributed by atoms with van der Waals surface area (Å²) in [5.74, 6) is 0. The molecule has 3 heteroatoms. The van der Waals surface area contributed by atoms with Gasteiger partial charge in [0.25, 0.3) is 0 Å². The molecule has 0 fully saturated rings. The maximum Gasteiger partial charge on any atom is 0.0701 e. The maximum atomic E-state index is 5.92. The van der Waals surface area contributed by atoms with Crippen LogP contribution in [0.3, 0.4) is 0 Å². The van der Waals surface area contributed by atoms with Crippen LogP contribution in [0.5, 0.6) is 0 Å². The zero-order valence-corrected chi connectivity index (χ0v) is 9.19. The normalized spacial score (nSPS) is 12.7. The van der Waals surface area contributed by atoms with Crippen molar-refractivity contribution >= 4 is 0 Å². The van der Waals surface area contributed by atoms with Crippen molar-refractivity contribution in [2.24, 2.45) is 5.73 Å². The molecule has 0 aliphatic rings. The molecule has 2 N–H and O–H groups in total. The molecule has 15 heavy (non-hydrogen) atoms. The van der Waals surface area contributed by atoms with Crippen molar-refractivity contribution in [3.63, 3.8) is 0 Å². The highest BCUT2D eigenvalue weighted by Crippen LogP contribution is 2.01. The number of hydrogen-bond acceptors (Lipinski definition) is 3. The summed E-state index contributed by atoms with van der Waals surface area (Å²) in [6.45, 7) is 1.81. The van der Waals surface area contributed by atoms with E-state index >= 15 is 0 Å². The van der Waals surface area contributed by atoms with Gasteiger partial charge in [-0.15, -0.1) is 0 Å². The third-order valence-corrected chi connectivity index (χ3v) is 2.10. The largest absolute Gasteiger partial charge is 0.382 e. The first kappa shape index (κ1) is 12.2. The molecule has 0 aromatic heterocycles. The van der Waals surface area contributed by atoms with Crippen molar-refractivity contribution in [1.29, 1.82) is 0 Å². The Bertz CT molecular complexity index is 251. The molecule has 0 spiro atoms. The molecule has 0 aliphatic heterocycles. The predicted molar refractivity (Wildman–Crippen MR) is 60.8 cm³/mol. The Balaban J connectivity index is 2.16. The van der Waals surface area contributed by atoms with Gasteiger partial charge in [-0.2, -0.15) is 0 Å². The van der Waals surface area contributed by atoms with Gasteiger partial charge in [0.2, 0.25) is 0 Å². The van der Waals surface area contributed by atoms with Crippen molar-refractivity contribution in [2.75, 3.05) is 26.9 Å². The molecule has 0 bridgehead atoms. The minimum atomic E-state index is 0.0595. The first-order valence-corrected chi connectivity index (χ1v) is 5.19. The van der Waals surface area contributed by atoms with Gasteiger partial charge in [-0.05, 0) is 12.0 Å². The van der Waals surface area contributed by atoms with E-state index in [0.29, 0.717) is 19.8 Å². The second-order valence-corrected chi connectivity index (χ2v) is 3.52. The van der Waals surface area contributed by atoms with E-state index in [1.165, 1.54) is 5.56 Å². The van der Waals surface area contributed by atoms with Gasteiger partial charge in [-0.25, -0.2) is 0 Å². The van der Waals surface area contributed by atoms with Crippen molar-refractivity contribution in [2.45, 2.75) is 12.5 Å². The lowest BCUT2D eigenvalue weighted by Gasteiger charge is -2.11. The molecule has 0 heterocycles. The first-order valence-electron chi connectivity index (χ1n) is 5.19. The van der Waals surface area contributed by atoms with E-state index in [2.05, 4.69) is 12.1 Å². The predicted octanol–water partition coefficient (Wildman–Crippen LogP) is 1.22. The Kier molecular flexibility index (Phi) is 6.00. The molecule has 1 unspecified atom stereocenters. The molecule has 1 aromatic carbocycles. The molecule has 3 nitrogen and oxygen atoms in total. The van der Waals surface area contributed by atoms with E-state index in [1.807, 2.05) is 18.2 Å². The lowest BCUT2D eigenvalue weighted by molar-refractivity contribution is 0.0637. The zero-order chi connectivity index (χ0) is 10.9. The molecular weight excluding hydrogens is 190 g/mol. The molecule has 0 saturated heterocycles. The highest BCUT2D eigenvalue weighted by atomic mass is 16.5. The summed E-state index contributed by atoms with van der Waals surface area (Å²) in [5, 5.41) is 0. The summed E-state index contributed by atoms with van der Waals surface area (Å²) in [5.41, 5.74) is 7.17. The first-order chi connectivity index (χ1) is 7.33. The average molecular weight is 209 g/mol. The van der Waals surface area contributed by atoms with E-state index in [9.17, 15) is 0 Å². The van der Waals surface area contributed by atoms with Gasteiger partial charge in [0.15, 0.2) is 0 Å². The number of nitrogens with two attached hydrogens (primary N) is 1. The summed E-state index contributed by atoms with van der Waals surface area (Å²) in [6, 6.07) is 10.3. The standard InChI is InChI=1S/C12H19NO2/c1-14-7-8-15-10-12(13)9-11-5-3-2-4-6-11/h2-6,12H,7-10,13H2,1H3. The Labute approximate surface area is 91.2 Å². The molecule has 1 atom stereocenters. The molecule has 0 amide bonds. The second-order valence-electron chi connectivity index (χ2n) is 3.52. The number of methoxy groups -OCH3 is 1. The third kappa shape index (κ3) is 5.52. The zero-order valence-electron chi connectivity index (χ0n) is 9.19. The molecule has 0 radical (unpaired) electrons. The van der Waals surface area contributed by atoms with E-state index in [4.69, 9.17) is 15.2 Å². The van der Waals surface area contributed by atoms with Crippen LogP contribution in [0.4, 0.5) is 0 Å². The van der Waals surface area contributed by atoms with Gasteiger partial charge in [-0.1, -0.05) is 30.3 Å². The Morgan fingerprint density at radius 1 is 1.20 bits per heavy atom. The molecule has 0 aliphatic carbocycles. The Morgan fingerprint density at radius 2 is 1.93 bits per heavy atom. The number of hydrogen-bond donors (Lipinski definition) is 1. The van der Waals surface area contributed by atoms with Gasteiger partial charge in [-0.3, -0.25) is 0 Å². The number of benzene rings is 1. The van der Waals surface area contributed by atoms with Crippen LogP contribution in [-0.2, 0) is 15.9 Å². The van der Waals surface area contributed by atoms with E-state index < -0.39 is 0 Å². The summed E-state index contributed by atoms with van der Waals surface area (Å²) in [7, 11) is 1.66. The van der Waals surface area contributed by atoms with Crippen molar-refractivity contribution < 1.29 is 9.47 Å². The SMILES string of the molecule is COCCOCC(N)Cc1ccccc1. The minimum Gasteiger partial charge on any atom is -0.382 e. The highest BCUT2D eigenvalue weighted by Gasteiger charge is 2.03. The van der Waals surface area contributed by atoms with Gasteiger partial charge in [0.05, 0.1) is 19.8 Å². The summed E-state index contributed by atoms with van der Waals surface area (Å²) in [4.78, 5) is 0. The topological polar surface area (TPSA) is 44.5 Å². The van der Waals surface area contributed by atoms with Crippen molar-refractivity contribution in [3.05, 3.63) is 35.9 Å². The van der Waals surface area contributed by atoms with Crippen LogP contribution in [0.15, 0.2) is 30.3 Å². The van der Waals surface area contributed by atoms with Crippen LogP contribution in [0.2, 0.25) is 0 Å². The quantitative estimate of drug-likeness (QED) is 0.687. The van der Waals surface area contributed by atoms with Gasteiger partial charge >= 0.3 is 0 Å². The monoisotopic (exact) mass is 209 g/mol. The average Bonchev–Trinajstić information content (AvgIpc) is 2.26. The Hall–Kier alpha value is -0.900. The van der Waals surface area contributed by atoms with E-state index in [0.717, 1.165) is 6.42 Å². The Morgan fingerprint density at radius 3 is 2.60 bits per heavy atom. The third-order valence-electron chi connectivity index (χ3n) is 2.10. The van der Waals surface area contributed by atoms with Crippen molar-refractivity contribution in [3.8, 4) is 0 Å². The van der Waals surface area contributed by atoms with Crippen LogP contribution >= 0.6 is 0 Å². The smallest absolute Gasteiger partial charge is 0.0701 e. The minimum absolute atomic E-state index is 0.0595. The van der Waals surface area contributed by atoms with Crippen LogP contribution in [0.1, 0.15) is 5.56 Å². The lowest BCUT2D eigenvalue weighted by atomic mass is 10.1. The van der Waals surface area contributed by atoms with Crippen LogP contribution in [-0.4, -0.2) is 33.0 Å². The van der Waals surface area contributed by atoms with Gasteiger partial charge < -0.3 is 15.2 Å². The maximum absolute atomic E-state index is 5.92. The second kappa shape index (κ2) is 7.40. The van der Waals surface area contributed by atoms with Gasteiger partial charge in [0, 0.05) is 13.2 Å². The molecule has 84 valence electrons. The fourth-order valence-corrected chi connectivity index (χ4v) is 1.35. The summed E-state index contributed by atoms with van der Waals surface area (Å²) in [6.07, 6.45) is 0.855.